The second kappa shape index (κ2) is 9.41. The van der Waals surface area contributed by atoms with E-state index in [9.17, 15) is 18.0 Å². The molecule has 0 radical (unpaired) electrons. The third-order valence-corrected chi connectivity index (χ3v) is 6.43. The van der Waals surface area contributed by atoms with Crippen LogP contribution in [0.5, 0.6) is 0 Å². The molecule has 0 unspecified atom stereocenters. The minimum Gasteiger partial charge on any atom is -0.280 e. The molecule has 1 heterocycles. The number of aryl methyl sites for hydroxylation is 1. The zero-order chi connectivity index (χ0) is 24.2. The lowest BCUT2D eigenvalue weighted by atomic mass is 9.87. The molecule has 0 bridgehead atoms. The maximum atomic E-state index is 13.1. The molecule has 2 amide bonds. The second-order valence-electron chi connectivity index (χ2n) is 8.54. The van der Waals surface area contributed by atoms with Gasteiger partial charge in [0.15, 0.2) is 0 Å². The topological polar surface area (TPSA) is 117 Å². The number of aromatic nitrogens is 1. The number of pyridine rings is 1. The van der Waals surface area contributed by atoms with E-state index < -0.39 is 21.8 Å². The number of nitrogens with zero attached hydrogens (tertiary/aromatic N) is 1. The predicted molar refractivity (Wildman–Crippen MR) is 126 cm³/mol. The largest absolute Gasteiger partial charge is 0.288 e. The summed E-state index contributed by atoms with van der Waals surface area (Å²) < 4.78 is 28.7. The Balaban J connectivity index is 1.76. The van der Waals surface area contributed by atoms with Crippen LogP contribution in [0.2, 0.25) is 0 Å². The van der Waals surface area contributed by atoms with Gasteiger partial charge in [-0.25, -0.2) is 8.42 Å². The number of nitrogens with one attached hydrogen (secondary N) is 3. The Morgan fingerprint density at radius 3 is 2.27 bits per heavy atom. The smallest absolute Gasteiger partial charge is 0.280 e. The number of sulfonamides is 1. The third-order valence-electron chi connectivity index (χ3n) is 4.91. The lowest BCUT2D eigenvalue weighted by Gasteiger charge is -2.21. The van der Waals surface area contributed by atoms with Crippen molar-refractivity contribution >= 4 is 27.5 Å². The van der Waals surface area contributed by atoms with Crippen molar-refractivity contribution in [2.24, 2.45) is 0 Å². The molecule has 33 heavy (non-hydrogen) atoms. The standard InChI is InChI=1S/C24H26N4O4S/c1-16-11-12-18(24(2,3)4)15-21(16)33(31,32)28-19-9-7-8-17(14-19)22(29)26-27-23(30)20-10-5-6-13-25-20/h5-15,28H,1-4H3,(H,26,29)(H,27,30). The van der Waals surface area contributed by atoms with Gasteiger partial charge in [0.05, 0.1) is 4.90 Å². The van der Waals surface area contributed by atoms with E-state index in [-0.39, 0.29) is 27.3 Å². The van der Waals surface area contributed by atoms with Gasteiger partial charge in [0.1, 0.15) is 5.69 Å². The maximum Gasteiger partial charge on any atom is 0.288 e. The number of hydrogen-bond acceptors (Lipinski definition) is 5. The highest BCUT2D eigenvalue weighted by atomic mass is 32.2. The van der Waals surface area contributed by atoms with Crippen LogP contribution < -0.4 is 15.6 Å². The first-order valence-electron chi connectivity index (χ1n) is 10.2. The Bertz CT molecular complexity index is 1280. The number of hydrogen-bond donors (Lipinski definition) is 3. The monoisotopic (exact) mass is 466 g/mol. The molecule has 0 aliphatic heterocycles. The van der Waals surface area contributed by atoms with Crippen LogP contribution in [0, 0.1) is 6.92 Å². The second-order valence-corrected chi connectivity index (χ2v) is 10.2. The summed E-state index contributed by atoms with van der Waals surface area (Å²) in [7, 11) is -3.89. The summed E-state index contributed by atoms with van der Waals surface area (Å²) in [5.74, 6) is -1.18. The summed E-state index contributed by atoms with van der Waals surface area (Å²) >= 11 is 0. The first-order chi connectivity index (χ1) is 15.5. The first kappa shape index (κ1) is 23.9. The average Bonchev–Trinajstić information content (AvgIpc) is 2.77. The number of carbonyl (C=O) groups excluding carboxylic acids is 2. The molecular weight excluding hydrogens is 440 g/mol. The quantitative estimate of drug-likeness (QED) is 0.497. The Kier molecular flexibility index (Phi) is 6.83. The summed E-state index contributed by atoms with van der Waals surface area (Å²) in [5.41, 5.74) is 6.40. The summed E-state index contributed by atoms with van der Waals surface area (Å²) in [6.07, 6.45) is 1.46. The van der Waals surface area contributed by atoms with Crippen molar-refractivity contribution < 1.29 is 18.0 Å². The highest BCUT2D eigenvalue weighted by molar-refractivity contribution is 7.92. The molecular formula is C24H26N4O4S. The molecule has 0 saturated heterocycles. The fourth-order valence-corrected chi connectivity index (χ4v) is 4.36. The fourth-order valence-electron chi connectivity index (χ4n) is 3.04. The molecule has 0 fully saturated rings. The predicted octanol–water partition coefficient (Wildman–Crippen LogP) is 3.56. The molecule has 0 saturated carbocycles. The first-order valence-corrected chi connectivity index (χ1v) is 11.7. The summed E-state index contributed by atoms with van der Waals surface area (Å²) in [6.45, 7) is 7.76. The van der Waals surface area contributed by atoms with Crippen LogP contribution in [0.25, 0.3) is 0 Å². The van der Waals surface area contributed by atoms with Gasteiger partial charge < -0.3 is 0 Å². The van der Waals surface area contributed by atoms with Crippen LogP contribution in [0.3, 0.4) is 0 Å². The van der Waals surface area contributed by atoms with Gasteiger partial charge in [-0.2, -0.15) is 0 Å². The molecule has 3 N–H and O–H groups in total. The molecule has 3 aromatic rings. The Morgan fingerprint density at radius 1 is 0.879 bits per heavy atom. The molecule has 8 nitrogen and oxygen atoms in total. The van der Waals surface area contributed by atoms with Gasteiger partial charge in [-0.15, -0.1) is 0 Å². The summed E-state index contributed by atoms with van der Waals surface area (Å²) in [5, 5.41) is 0. The average molecular weight is 467 g/mol. The number of amides is 2. The number of hydrazine groups is 1. The SMILES string of the molecule is Cc1ccc(C(C)(C)C)cc1S(=O)(=O)Nc1cccc(C(=O)NNC(=O)c2ccccn2)c1. The van der Waals surface area contributed by atoms with E-state index >= 15 is 0 Å². The number of carbonyl (C=O) groups is 2. The zero-order valence-electron chi connectivity index (χ0n) is 18.8. The number of rotatable bonds is 5. The van der Waals surface area contributed by atoms with Crippen molar-refractivity contribution in [3.8, 4) is 0 Å². The van der Waals surface area contributed by atoms with Crippen LogP contribution in [-0.4, -0.2) is 25.2 Å². The fraction of sp³-hybridized carbons (Fsp3) is 0.208. The molecule has 0 atom stereocenters. The molecule has 0 spiro atoms. The molecule has 2 aromatic carbocycles. The van der Waals surface area contributed by atoms with E-state index in [0.29, 0.717) is 5.56 Å². The van der Waals surface area contributed by atoms with Crippen molar-refractivity contribution in [3.63, 3.8) is 0 Å². The van der Waals surface area contributed by atoms with E-state index in [1.807, 2.05) is 26.8 Å². The van der Waals surface area contributed by atoms with Crippen molar-refractivity contribution in [3.05, 3.63) is 89.2 Å². The van der Waals surface area contributed by atoms with E-state index in [2.05, 4.69) is 20.6 Å². The minimum absolute atomic E-state index is 0.146. The normalized spacial score (nSPS) is 11.5. The van der Waals surface area contributed by atoms with Crippen molar-refractivity contribution in [2.45, 2.75) is 38.0 Å². The Hall–Kier alpha value is -3.72. The van der Waals surface area contributed by atoms with E-state index in [1.54, 1.807) is 43.3 Å². The molecule has 3 rings (SSSR count). The third kappa shape index (κ3) is 5.95. The van der Waals surface area contributed by atoms with Crippen LogP contribution in [0.1, 0.15) is 52.7 Å². The number of benzene rings is 2. The van der Waals surface area contributed by atoms with Gasteiger partial charge in [-0.05, 0) is 59.9 Å². The maximum absolute atomic E-state index is 13.1. The molecule has 1 aromatic heterocycles. The summed E-state index contributed by atoms with van der Waals surface area (Å²) in [6, 6.07) is 16.2. The van der Waals surface area contributed by atoms with Gasteiger partial charge >= 0.3 is 0 Å². The lowest BCUT2D eigenvalue weighted by Crippen LogP contribution is -2.41. The Morgan fingerprint density at radius 2 is 1.61 bits per heavy atom. The zero-order valence-corrected chi connectivity index (χ0v) is 19.7. The van der Waals surface area contributed by atoms with Gasteiger partial charge in [0.2, 0.25) is 0 Å². The van der Waals surface area contributed by atoms with Crippen molar-refractivity contribution in [1.82, 2.24) is 15.8 Å². The van der Waals surface area contributed by atoms with Crippen LogP contribution in [-0.2, 0) is 15.4 Å². The lowest BCUT2D eigenvalue weighted by molar-refractivity contribution is 0.0844. The van der Waals surface area contributed by atoms with Gasteiger partial charge in [0.25, 0.3) is 21.8 Å². The van der Waals surface area contributed by atoms with Gasteiger partial charge in [-0.3, -0.25) is 30.1 Å². The minimum atomic E-state index is -3.89. The molecule has 0 aliphatic rings. The Labute approximate surface area is 193 Å². The van der Waals surface area contributed by atoms with Crippen molar-refractivity contribution in [1.29, 1.82) is 0 Å². The van der Waals surface area contributed by atoms with Gasteiger partial charge in [0, 0.05) is 17.4 Å². The van der Waals surface area contributed by atoms with Gasteiger partial charge in [-0.1, -0.05) is 45.0 Å². The highest BCUT2D eigenvalue weighted by Crippen LogP contribution is 2.28. The van der Waals surface area contributed by atoms with Crippen LogP contribution in [0.4, 0.5) is 5.69 Å². The van der Waals surface area contributed by atoms with E-state index in [0.717, 1.165) is 5.56 Å². The van der Waals surface area contributed by atoms with Crippen molar-refractivity contribution in [2.75, 3.05) is 4.72 Å². The molecule has 9 heteroatoms. The molecule has 172 valence electrons. The summed E-state index contributed by atoms with van der Waals surface area (Å²) in [4.78, 5) is 28.6. The van der Waals surface area contributed by atoms with E-state index in [1.165, 1.54) is 24.4 Å². The van der Waals surface area contributed by atoms with Crippen LogP contribution in [0.15, 0.2) is 71.8 Å². The number of anilines is 1. The van der Waals surface area contributed by atoms with Crippen LogP contribution >= 0.6 is 0 Å². The molecule has 0 aliphatic carbocycles. The highest BCUT2D eigenvalue weighted by Gasteiger charge is 2.22. The van der Waals surface area contributed by atoms with E-state index in [4.69, 9.17) is 0 Å².